The zero-order chi connectivity index (χ0) is 27.5. The number of carbonyl (C=O) groups is 1. The lowest BCUT2D eigenvalue weighted by molar-refractivity contribution is -0.384. The smallest absolute Gasteiger partial charge is 0.293 e. The fraction of sp³-hybridized carbons (Fsp3) is 0.250. The molecule has 0 spiro atoms. The Morgan fingerprint density at radius 1 is 1.10 bits per heavy atom. The molecule has 0 saturated carbocycles. The van der Waals surface area contributed by atoms with Gasteiger partial charge in [0, 0.05) is 36.0 Å². The van der Waals surface area contributed by atoms with E-state index >= 15 is 0 Å². The largest absolute Gasteiger partial charge is 0.436 e. The second kappa shape index (κ2) is 11.2. The van der Waals surface area contributed by atoms with Crippen LogP contribution in [0.3, 0.4) is 0 Å². The van der Waals surface area contributed by atoms with E-state index in [-0.39, 0.29) is 16.4 Å². The van der Waals surface area contributed by atoms with Gasteiger partial charge in [-0.2, -0.15) is 0 Å². The summed E-state index contributed by atoms with van der Waals surface area (Å²) in [6, 6.07) is 17.7. The predicted molar refractivity (Wildman–Crippen MR) is 153 cm³/mol. The van der Waals surface area contributed by atoms with E-state index in [2.05, 4.69) is 29.5 Å². The molecule has 2 N–H and O–H groups in total. The van der Waals surface area contributed by atoms with E-state index < -0.39 is 10.8 Å². The molecule has 0 aliphatic carbocycles. The standard InChI is InChI=1S/C28H27N5O5S/c1-17(2)18-7-9-25-22(15-18)30-27(38-25)20-4-3-5-21(14-20)29-28(39)31-26(34)19-6-8-23(24(16-19)33(35)36)32-10-12-37-13-11-32/h3-9,14-17H,10-13H2,1-2H3,(H2,29,31,34,39). The minimum absolute atomic E-state index is 0.0520. The third kappa shape index (κ3) is 5.89. The van der Waals surface area contributed by atoms with Gasteiger partial charge >= 0.3 is 0 Å². The number of benzene rings is 3. The molecule has 1 aliphatic rings. The number of oxazole rings is 1. The molecule has 1 saturated heterocycles. The van der Waals surface area contributed by atoms with Crippen LogP contribution in [0.15, 0.2) is 65.1 Å². The minimum Gasteiger partial charge on any atom is -0.436 e. The van der Waals surface area contributed by atoms with Crippen molar-refractivity contribution >= 4 is 51.4 Å². The predicted octanol–water partition coefficient (Wildman–Crippen LogP) is 5.49. The van der Waals surface area contributed by atoms with Crippen LogP contribution in [0.2, 0.25) is 0 Å². The van der Waals surface area contributed by atoms with Crippen LogP contribution < -0.4 is 15.5 Å². The molecule has 1 fully saturated rings. The van der Waals surface area contributed by atoms with Gasteiger partial charge in [-0.1, -0.05) is 26.0 Å². The second-order valence-electron chi connectivity index (χ2n) is 9.45. The molecule has 1 aromatic heterocycles. The summed E-state index contributed by atoms with van der Waals surface area (Å²) in [4.78, 5) is 30.6. The van der Waals surface area contributed by atoms with Gasteiger partial charge in [0.1, 0.15) is 11.2 Å². The Bertz CT molecular complexity index is 1560. The van der Waals surface area contributed by atoms with Crippen molar-refractivity contribution in [3.63, 3.8) is 0 Å². The van der Waals surface area contributed by atoms with Crippen LogP contribution in [-0.2, 0) is 4.74 Å². The molecule has 11 heteroatoms. The first-order valence-corrected chi connectivity index (χ1v) is 12.9. The van der Waals surface area contributed by atoms with E-state index in [9.17, 15) is 14.9 Å². The number of fused-ring (bicyclic) bond motifs is 1. The molecule has 0 unspecified atom stereocenters. The number of nitro benzene ring substituents is 1. The maximum Gasteiger partial charge on any atom is 0.293 e. The molecule has 3 aromatic carbocycles. The van der Waals surface area contributed by atoms with Crippen LogP contribution in [0.25, 0.3) is 22.6 Å². The number of aromatic nitrogens is 1. The second-order valence-corrected chi connectivity index (χ2v) is 9.86. The summed E-state index contributed by atoms with van der Waals surface area (Å²) in [6.45, 7) is 6.32. The summed E-state index contributed by atoms with van der Waals surface area (Å²) >= 11 is 5.34. The van der Waals surface area contributed by atoms with Crippen molar-refractivity contribution in [3.05, 3.63) is 81.9 Å². The Balaban J connectivity index is 1.28. The molecule has 0 atom stereocenters. The maximum atomic E-state index is 12.9. The van der Waals surface area contributed by atoms with Crippen molar-refractivity contribution in [2.24, 2.45) is 0 Å². The van der Waals surface area contributed by atoms with E-state index in [0.29, 0.717) is 55.1 Å². The van der Waals surface area contributed by atoms with Gasteiger partial charge in [-0.05, 0) is 66.2 Å². The Hall–Kier alpha value is -4.35. The highest BCUT2D eigenvalue weighted by Crippen LogP contribution is 2.30. The van der Waals surface area contributed by atoms with Crippen LogP contribution >= 0.6 is 12.2 Å². The SMILES string of the molecule is CC(C)c1ccc2oc(-c3cccc(NC(=S)NC(=O)c4ccc(N5CCOCC5)c([N+](=O)[O-])c4)c3)nc2c1. The Labute approximate surface area is 230 Å². The number of nitrogens with one attached hydrogen (secondary N) is 2. The topological polar surface area (TPSA) is 123 Å². The van der Waals surface area contributed by atoms with E-state index in [1.807, 2.05) is 41.3 Å². The average molecular weight is 546 g/mol. The van der Waals surface area contributed by atoms with Crippen molar-refractivity contribution in [3.8, 4) is 11.5 Å². The number of amides is 1. The molecule has 200 valence electrons. The van der Waals surface area contributed by atoms with Crippen LogP contribution in [0.1, 0.15) is 35.7 Å². The number of ether oxygens (including phenoxy) is 1. The van der Waals surface area contributed by atoms with Crippen LogP contribution in [0, 0.1) is 10.1 Å². The van der Waals surface area contributed by atoms with Crippen LogP contribution in [-0.4, -0.2) is 47.2 Å². The number of hydrogen-bond donors (Lipinski definition) is 2. The first kappa shape index (κ1) is 26.3. The molecular weight excluding hydrogens is 518 g/mol. The van der Waals surface area contributed by atoms with Gasteiger partial charge in [0.05, 0.1) is 18.1 Å². The zero-order valence-corrected chi connectivity index (χ0v) is 22.3. The van der Waals surface area contributed by atoms with Crippen LogP contribution in [0.5, 0.6) is 0 Å². The van der Waals surface area contributed by atoms with E-state index in [4.69, 9.17) is 21.4 Å². The van der Waals surface area contributed by atoms with Gasteiger partial charge in [-0.15, -0.1) is 0 Å². The molecule has 0 radical (unpaired) electrons. The molecular formula is C28H27N5O5S. The van der Waals surface area contributed by atoms with E-state index in [1.54, 1.807) is 18.2 Å². The molecule has 39 heavy (non-hydrogen) atoms. The molecule has 5 rings (SSSR count). The Morgan fingerprint density at radius 2 is 1.90 bits per heavy atom. The number of nitro groups is 1. The van der Waals surface area contributed by atoms with Crippen molar-refractivity contribution in [2.45, 2.75) is 19.8 Å². The monoisotopic (exact) mass is 545 g/mol. The molecule has 4 aromatic rings. The number of thiocarbonyl (C=S) groups is 1. The highest BCUT2D eigenvalue weighted by Gasteiger charge is 2.23. The van der Waals surface area contributed by atoms with Gasteiger partial charge in [0.2, 0.25) is 5.89 Å². The molecule has 2 heterocycles. The highest BCUT2D eigenvalue weighted by atomic mass is 32.1. The third-order valence-corrected chi connectivity index (χ3v) is 6.66. The van der Waals surface area contributed by atoms with E-state index in [0.717, 1.165) is 11.1 Å². The summed E-state index contributed by atoms with van der Waals surface area (Å²) in [7, 11) is 0. The summed E-state index contributed by atoms with van der Waals surface area (Å²) in [5.74, 6) is 0.296. The highest BCUT2D eigenvalue weighted by molar-refractivity contribution is 7.80. The lowest BCUT2D eigenvalue weighted by Gasteiger charge is -2.28. The number of nitrogens with zero attached hydrogens (tertiary/aromatic N) is 3. The molecule has 1 aliphatic heterocycles. The quantitative estimate of drug-likeness (QED) is 0.184. The fourth-order valence-electron chi connectivity index (χ4n) is 4.38. The number of rotatable bonds is 6. The molecule has 1 amide bonds. The van der Waals surface area contributed by atoms with Crippen molar-refractivity contribution in [2.75, 3.05) is 36.5 Å². The third-order valence-electron chi connectivity index (χ3n) is 6.46. The van der Waals surface area contributed by atoms with Gasteiger partial charge in [-0.3, -0.25) is 20.2 Å². The lowest BCUT2D eigenvalue weighted by Crippen LogP contribution is -2.37. The first-order valence-electron chi connectivity index (χ1n) is 12.5. The Morgan fingerprint density at radius 3 is 2.64 bits per heavy atom. The van der Waals surface area contributed by atoms with Gasteiger partial charge in [-0.25, -0.2) is 4.98 Å². The van der Waals surface area contributed by atoms with Crippen molar-refractivity contribution < 1.29 is 18.9 Å². The first-order chi connectivity index (χ1) is 18.8. The number of hydrogen-bond acceptors (Lipinski definition) is 8. The summed E-state index contributed by atoms with van der Waals surface area (Å²) in [6.07, 6.45) is 0. The Kier molecular flexibility index (Phi) is 7.53. The zero-order valence-electron chi connectivity index (χ0n) is 21.5. The maximum absolute atomic E-state index is 12.9. The lowest BCUT2D eigenvalue weighted by atomic mass is 10.0. The van der Waals surface area contributed by atoms with Gasteiger partial charge in [0.25, 0.3) is 11.6 Å². The minimum atomic E-state index is -0.555. The average Bonchev–Trinajstić information content (AvgIpc) is 3.37. The molecule has 0 bridgehead atoms. The van der Waals surface area contributed by atoms with Crippen molar-refractivity contribution in [1.82, 2.24) is 10.3 Å². The molecule has 10 nitrogen and oxygen atoms in total. The van der Waals surface area contributed by atoms with Gasteiger partial charge < -0.3 is 19.4 Å². The summed E-state index contributed by atoms with van der Waals surface area (Å²) < 4.78 is 11.3. The van der Waals surface area contributed by atoms with Gasteiger partial charge in [0.15, 0.2) is 10.7 Å². The fourth-order valence-corrected chi connectivity index (χ4v) is 4.59. The van der Waals surface area contributed by atoms with Crippen molar-refractivity contribution in [1.29, 1.82) is 0 Å². The van der Waals surface area contributed by atoms with E-state index in [1.165, 1.54) is 11.6 Å². The number of carbonyl (C=O) groups excluding carboxylic acids is 1. The number of anilines is 2. The number of morpholine rings is 1. The van der Waals surface area contributed by atoms with Crippen LogP contribution in [0.4, 0.5) is 17.1 Å². The summed E-state index contributed by atoms with van der Waals surface area (Å²) in [5.41, 5.74) is 4.47. The normalized spacial score (nSPS) is 13.5. The summed E-state index contributed by atoms with van der Waals surface area (Å²) in [5, 5.41) is 17.4.